The molecule has 2 amide bonds. The minimum Gasteiger partial charge on any atom is -0.495 e. The van der Waals surface area contributed by atoms with Gasteiger partial charge in [-0.2, -0.15) is 5.26 Å². The highest BCUT2D eigenvalue weighted by Gasteiger charge is 2.25. The van der Waals surface area contributed by atoms with E-state index < -0.39 is 0 Å². The summed E-state index contributed by atoms with van der Waals surface area (Å²) < 4.78 is 11.0. The molecule has 1 heterocycles. The van der Waals surface area contributed by atoms with Gasteiger partial charge >= 0.3 is 6.03 Å². The van der Waals surface area contributed by atoms with E-state index in [0.717, 1.165) is 25.7 Å². The highest BCUT2D eigenvalue weighted by molar-refractivity contribution is 5.91. The topological polar surface area (TPSA) is 109 Å². The summed E-state index contributed by atoms with van der Waals surface area (Å²) in [5, 5.41) is 14.9. The van der Waals surface area contributed by atoms with Crippen molar-refractivity contribution < 1.29 is 14.3 Å². The number of urea groups is 1. The molecule has 1 aliphatic rings. The van der Waals surface area contributed by atoms with E-state index in [4.69, 9.17) is 14.7 Å². The molecule has 2 N–H and O–H groups in total. The van der Waals surface area contributed by atoms with Crippen molar-refractivity contribution in [2.75, 3.05) is 12.4 Å². The van der Waals surface area contributed by atoms with Crippen molar-refractivity contribution in [3.8, 4) is 17.7 Å². The second kappa shape index (κ2) is 8.85. The van der Waals surface area contributed by atoms with Crippen LogP contribution >= 0.6 is 0 Å². The Morgan fingerprint density at radius 2 is 1.93 bits per heavy atom. The lowest BCUT2D eigenvalue weighted by Crippen LogP contribution is -2.41. The van der Waals surface area contributed by atoms with Gasteiger partial charge in [0.05, 0.1) is 12.8 Å². The Morgan fingerprint density at radius 3 is 2.67 bits per heavy atom. The van der Waals surface area contributed by atoms with Crippen LogP contribution in [0.15, 0.2) is 36.7 Å². The number of carbonyl (C=O) groups excluding carboxylic acids is 1. The molecule has 0 spiro atoms. The molecule has 0 aliphatic heterocycles. The van der Waals surface area contributed by atoms with Crippen LogP contribution in [0.4, 0.5) is 10.5 Å². The average Bonchev–Trinajstić information content (AvgIpc) is 2.70. The Hall–Kier alpha value is -3.34. The van der Waals surface area contributed by atoms with Gasteiger partial charge in [-0.1, -0.05) is 12.1 Å². The van der Waals surface area contributed by atoms with Gasteiger partial charge in [-0.3, -0.25) is 0 Å². The average molecular weight is 367 g/mol. The van der Waals surface area contributed by atoms with Gasteiger partial charge in [0.1, 0.15) is 17.9 Å². The van der Waals surface area contributed by atoms with Crippen LogP contribution in [0.3, 0.4) is 0 Å². The van der Waals surface area contributed by atoms with Gasteiger partial charge < -0.3 is 20.1 Å². The van der Waals surface area contributed by atoms with Gasteiger partial charge in [0, 0.05) is 18.4 Å². The highest BCUT2D eigenvalue weighted by atomic mass is 16.5. The second-order valence-electron chi connectivity index (χ2n) is 6.21. The Labute approximate surface area is 157 Å². The van der Waals surface area contributed by atoms with Gasteiger partial charge in [0.15, 0.2) is 0 Å². The Bertz CT molecular complexity index is 828. The molecule has 1 fully saturated rings. The molecule has 8 heteroatoms. The van der Waals surface area contributed by atoms with Crippen LogP contribution in [-0.2, 0) is 0 Å². The van der Waals surface area contributed by atoms with Crippen molar-refractivity contribution in [3.63, 3.8) is 0 Å². The van der Waals surface area contributed by atoms with Crippen molar-refractivity contribution in [2.45, 2.75) is 37.8 Å². The normalized spacial score (nSPS) is 18.8. The Kier molecular flexibility index (Phi) is 6.05. The molecule has 2 aromatic rings. The summed E-state index contributed by atoms with van der Waals surface area (Å²) in [4.78, 5) is 20.3. The number of nitrogens with one attached hydrogen (secondary N) is 2. The SMILES string of the molecule is COc1ccccc1NC(=O)NC1CCC(Oc2nccnc2C#N)CC1. The van der Waals surface area contributed by atoms with Gasteiger partial charge in [-0.25, -0.2) is 14.8 Å². The minimum atomic E-state index is -0.260. The third kappa shape index (κ3) is 4.85. The Morgan fingerprint density at radius 1 is 1.19 bits per heavy atom. The quantitative estimate of drug-likeness (QED) is 0.841. The molecule has 0 unspecified atom stereocenters. The molecule has 1 saturated carbocycles. The van der Waals surface area contributed by atoms with Crippen molar-refractivity contribution in [2.24, 2.45) is 0 Å². The third-order valence-electron chi connectivity index (χ3n) is 4.41. The third-order valence-corrected chi connectivity index (χ3v) is 4.41. The van der Waals surface area contributed by atoms with Gasteiger partial charge in [0.25, 0.3) is 5.88 Å². The van der Waals surface area contributed by atoms with Crippen LogP contribution in [0.25, 0.3) is 0 Å². The molecule has 3 rings (SSSR count). The fraction of sp³-hybridized carbons (Fsp3) is 0.368. The van der Waals surface area contributed by atoms with Crippen LogP contribution in [0, 0.1) is 11.3 Å². The van der Waals surface area contributed by atoms with E-state index >= 15 is 0 Å². The molecule has 0 saturated heterocycles. The monoisotopic (exact) mass is 367 g/mol. The zero-order chi connectivity index (χ0) is 19.1. The van der Waals surface area contributed by atoms with Crippen molar-refractivity contribution in [3.05, 3.63) is 42.4 Å². The first-order valence-corrected chi connectivity index (χ1v) is 8.78. The molecular weight excluding hydrogens is 346 g/mol. The predicted octanol–water partition coefficient (Wildman–Crippen LogP) is 2.87. The summed E-state index contributed by atoms with van der Waals surface area (Å²) >= 11 is 0. The fourth-order valence-electron chi connectivity index (χ4n) is 3.06. The number of anilines is 1. The molecule has 27 heavy (non-hydrogen) atoms. The summed E-state index contributed by atoms with van der Waals surface area (Å²) in [7, 11) is 1.56. The zero-order valence-electron chi connectivity index (χ0n) is 15.0. The number of hydrogen-bond acceptors (Lipinski definition) is 6. The number of carbonyl (C=O) groups is 1. The second-order valence-corrected chi connectivity index (χ2v) is 6.21. The molecular formula is C19H21N5O3. The summed E-state index contributed by atoms with van der Waals surface area (Å²) in [6.07, 6.45) is 6.03. The zero-order valence-corrected chi connectivity index (χ0v) is 15.0. The van der Waals surface area contributed by atoms with Crippen LogP contribution < -0.4 is 20.1 Å². The highest BCUT2D eigenvalue weighted by Crippen LogP contribution is 2.25. The standard InChI is InChI=1S/C19H21N5O3/c1-26-17-5-3-2-4-15(17)24-19(25)23-13-6-8-14(9-7-13)27-18-16(12-20)21-10-11-22-18/h2-5,10-11,13-14H,6-9H2,1H3,(H2,23,24,25). The van der Waals surface area contributed by atoms with E-state index in [9.17, 15) is 4.79 Å². The lowest BCUT2D eigenvalue weighted by molar-refractivity contribution is 0.134. The van der Waals surface area contributed by atoms with Gasteiger partial charge in [0.2, 0.25) is 5.69 Å². The first-order chi connectivity index (χ1) is 13.2. The van der Waals surface area contributed by atoms with Crippen LogP contribution in [0.2, 0.25) is 0 Å². The summed E-state index contributed by atoms with van der Waals surface area (Å²) in [5.41, 5.74) is 0.815. The lowest BCUT2D eigenvalue weighted by Gasteiger charge is -2.29. The summed E-state index contributed by atoms with van der Waals surface area (Å²) in [6.45, 7) is 0. The van der Waals surface area contributed by atoms with Crippen molar-refractivity contribution in [1.29, 1.82) is 5.26 Å². The molecule has 0 atom stereocenters. The predicted molar refractivity (Wildman–Crippen MR) is 98.6 cm³/mol. The number of para-hydroxylation sites is 2. The molecule has 0 bridgehead atoms. The molecule has 1 aromatic heterocycles. The number of amides is 2. The molecule has 140 valence electrons. The first kappa shape index (κ1) is 18.5. The van der Waals surface area contributed by atoms with E-state index in [2.05, 4.69) is 20.6 Å². The number of methoxy groups -OCH3 is 1. The number of nitrogens with zero attached hydrogens (tertiary/aromatic N) is 3. The molecule has 1 aromatic carbocycles. The maximum atomic E-state index is 12.2. The Balaban J connectivity index is 1.48. The van der Waals surface area contributed by atoms with Gasteiger partial charge in [-0.15, -0.1) is 0 Å². The largest absolute Gasteiger partial charge is 0.495 e. The minimum absolute atomic E-state index is 0.0378. The van der Waals surface area contributed by atoms with E-state index in [1.54, 1.807) is 19.2 Å². The van der Waals surface area contributed by atoms with Crippen LogP contribution in [-0.4, -0.2) is 35.3 Å². The number of aromatic nitrogens is 2. The van der Waals surface area contributed by atoms with Crippen molar-refractivity contribution in [1.82, 2.24) is 15.3 Å². The van der Waals surface area contributed by atoms with E-state index in [1.807, 2.05) is 18.2 Å². The number of rotatable bonds is 5. The molecule has 8 nitrogen and oxygen atoms in total. The summed E-state index contributed by atoms with van der Waals surface area (Å²) in [5.74, 6) is 0.882. The van der Waals surface area contributed by atoms with E-state index in [0.29, 0.717) is 11.4 Å². The maximum Gasteiger partial charge on any atom is 0.319 e. The number of benzene rings is 1. The number of ether oxygens (including phenoxy) is 2. The number of hydrogen-bond donors (Lipinski definition) is 2. The van der Waals surface area contributed by atoms with Crippen molar-refractivity contribution >= 4 is 11.7 Å². The van der Waals surface area contributed by atoms with E-state index in [1.165, 1.54) is 12.4 Å². The molecule has 0 radical (unpaired) electrons. The van der Waals surface area contributed by atoms with Crippen LogP contribution in [0.5, 0.6) is 11.6 Å². The number of nitriles is 1. The maximum absolute atomic E-state index is 12.2. The summed E-state index contributed by atoms with van der Waals surface area (Å²) in [6, 6.07) is 9.05. The fourth-order valence-corrected chi connectivity index (χ4v) is 3.06. The van der Waals surface area contributed by atoms with Crippen LogP contribution in [0.1, 0.15) is 31.4 Å². The molecule has 1 aliphatic carbocycles. The smallest absolute Gasteiger partial charge is 0.319 e. The van der Waals surface area contributed by atoms with Gasteiger partial charge in [-0.05, 0) is 37.8 Å². The van der Waals surface area contributed by atoms with E-state index in [-0.39, 0.29) is 29.8 Å². The lowest BCUT2D eigenvalue weighted by atomic mass is 9.93. The first-order valence-electron chi connectivity index (χ1n) is 8.78.